The van der Waals surface area contributed by atoms with E-state index in [1.807, 2.05) is 0 Å². The normalized spacial score (nSPS) is 12.5. The lowest BCUT2D eigenvalue weighted by atomic mass is 10.0. The molecular formula is C11H8BrF2N3. The summed E-state index contributed by atoms with van der Waals surface area (Å²) < 4.78 is 26.3. The summed E-state index contributed by atoms with van der Waals surface area (Å²) in [4.78, 5) is 7.90. The van der Waals surface area contributed by atoms with Gasteiger partial charge in [-0.1, -0.05) is 6.07 Å². The second-order valence-corrected chi connectivity index (χ2v) is 4.17. The first-order chi connectivity index (χ1) is 8.11. The van der Waals surface area contributed by atoms with Crippen LogP contribution in [0.25, 0.3) is 0 Å². The SMILES string of the molecule is NC(c1cnccn1)c1ccc(F)c(F)c1Br. The van der Waals surface area contributed by atoms with Crippen LogP contribution in [-0.4, -0.2) is 9.97 Å². The van der Waals surface area contributed by atoms with Crippen molar-refractivity contribution in [1.29, 1.82) is 0 Å². The summed E-state index contributed by atoms with van der Waals surface area (Å²) in [6, 6.07) is 1.79. The molecule has 0 spiro atoms. The molecule has 88 valence electrons. The molecule has 1 aromatic carbocycles. The van der Waals surface area contributed by atoms with Gasteiger partial charge in [0.1, 0.15) is 0 Å². The molecule has 0 bridgehead atoms. The van der Waals surface area contributed by atoms with E-state index in [9.17, 15) is 8.78 Å². The lowest BCUT2D eigenvalue weighted by Gasteiger charge is -2.13. The summed E-state index contributed by atoms with van der Waals surface area (Å²) in [5.74, 6) is -1.88. The molecule has 6 heteroatoms. The Labute approximate surface area is 105 Å². The van der Waals surface area contributed by atoms with E-state index in [4.69, 9.17) is 5.73 Å². The van der Waals surface area contributed by atoms with Gasteiger partial charge in [0.15, 0.2) is 11.6 Å². The molecule has 0 saturated carbocycles. The number of halogens is 3. The number of nitrogens with two attached hydrogens (primary N) is 1. The number of nitrogens with zero attached hydrogens (tertiary/aromatic N) is 2. The number of hydrogen-bond acceptors (Lipinski definition) is 3. The molecule has 1 unspecified atom stereocenters. The number of benzene rings is 1. The van der Waals surface area contributed by atoms with E-state index in [2.05, 4.69) is 25.9 Å². The lowest BCUT2D eigenvalue weighted by Crippen LogP contribution is -2.15. The number of aromatic nitrogens is 2. The van der Waals surface area contributed by atoms with Gasteiger partial charge in [-0.15, -0.1) is 0 Å². The van der Waals surface area contributed by atoms with Crippen LogP contribution >= 0.6 is 15.9 Å². The molecule has 0 saturated heterocycles. The summed E-state index contributed by atoms with van der Waals surface area (Å²) in [5.41, 5.74) is 6.82. The maximum absolute atomic E-state index is 13.4. The Hall–Kier alpha value is -1.40. The number of rotatable bonds is 2. The zero-order chi connectivity index (χ0) is 12.4. The Kier molecular flexibility index (Phi) is 3.44. The van der Waals surface area contributed by atoms with Gasteiger partial charge in [0.05, 0.1) is 22.4 Å². The van der Waals surface area contributed by atoms with Crippen LogP contribution in [-0.2, 0) is 0 Å². The van der Waals surface area contributed by atoms with Crippen molar-refractivity contribution in [2.75, 3.05) is 0 Å². The molecule has 3 nitrogen and oxygen atoms in total. The number of hydrogen-bond donors (Lipinski definition) is 1. The average Bonchev–Trinajstić information content (AvgIpc) is 2.36. The highest BCUT2D eigenvalue weighted by molar-refractivity contribution is 9.10. The van der Waals surface area contributed by atoms with Crippen LogP contribution in [0, 0.1) is 11.6 Å². The van der Waals surface area contributed by atoms with Gasteiger partial charge in [-0.05, 0) is 27.6 Å². The molecule has 0 radical (unpaired) electrons. The van der Waals surface area contributed by atoms with E-state index >= 15 is 0 Å². The zero-order valence-corrected chi connectivity index (χ0v) is 10.2. The molecule has 0 fully saturated rings. The fraction of sp³-hybridized carbons (Fsp3) is 0.0909. The molecule has 1 aromatic heterocycles. The van der Waals surface area contributed by atoms with Crippen molar-refractivity contribution in [2.45, 2.75) is 6.04 Å². The second kappa shape index (κ2) is 4.85. The van der Waals surface area contributed by atoms with Crippen molar-refractivity contribution in [1.82, 2.24) is 9.97 Å². The summed E-state index contributed by atoms with van der Waals surface area (Å²) in [6.07, 6.45) is 4.48. The van der Waals surface area contributed by atoms with Gasteiger partial charge in [-0.3, -0.25) is 9.97 Å². The van der Waals surface area contributed by atoms with Gasteiger partial charge in [0, 0.05) is 12.4 Å². The molecule has 2 N–H and O–H groups in total. The van der Waals surface area contributed by atoms with E-state index in [0.29, 0.717) is 11.3 Å². The molecule has 17 heavy (non-hydrogen) atoms. The molecule has 0 aliphatic rings. The molecule has 2 aromatic rings. The van der Waals surface area contributed by atoms with E-state index in [0.717, 1.165) is 6.07 Å². The first-order valence-corrected chi connectivity index (χ1v) is 5.55. The highest BCUT2D eigenvalue weighted by Gasteiger charge is 2.18. The van der Waals surface area contributed by atoms with Gasteiger partial charge in [0.2, 0.25) is 0 Å². The van der Waals surface area contributed by atoms with Crippen LogP contribution < -0.4 is 5.73 Å². The molecule has 1 heterocycles. The van der Waals surface area contributed by atoms with E-state index in [1.54, 1.807) is 0 Å². The van der Waals surface area contributed by atoms with Gasteiger partial charge in [-0.2, -0.15) is 0 Å². The van der Waals surface area contributed by atoms with Crippen LogP contribution in [0.4, 0.5) is 8.78 Å². The molecule has 0 aliphatic carbocycles. The molecule has 0 amide bonds. The fourth-order valence-corrected chi connectivity index (χ4v) is 1.98. The summed E-state index contributed by atoms with van der Waals surface area (Å²) in [6.45, 7) is 0. The van der Waals surface area contributed by atoms with Gasteiger partial charge in [-0.25, -0.2) is 8.78 Å². The van der Waals surface area contributed by atoms with Gasteiger partial charge >= 0.3 is 0 Å². The standard InChI is InChI=1S/C11H8BrF2N3/c12-9-6(1-2-7(13)10(9)14)11(15)8-5-16-3-4-17-8/h1-5,11H,15H2. The van der Waals surface area contributed by atoms with Gasteiger partial charge < -0.3 is 5.73 Å². The van der Waals surface area contributed by atoms with Crippen molar-refractivity contribution >= 4 is 15.9 Å². The third-order valence-electron chi connectivity index (χ3n) is 2.30. The monoisotopic (exact) mass is 299 g/mol. The minimum atomic E-state index is -0.957. The van der Waals surface area contributed by atoms with E-state index < -0.39 is 17.7 Å². The summed E-state index contributed by atoms with van der Waals surface area (Å²) >= 11 is 2.99. The third kappa shape index (κ3) is 2.32. The summed E-state index contributed by atoms with van der Waals surface area (Å²) in [5, 5.41) is 0. The van der Waals surface area contributed by atoms with Crippen LogP contribution in [0.5, 0.6) is 0 Å². The predicted molar refractivity (Wildman–Crippen MR) is 62.1 cm³/mol. The maximum atomic E-state index is 13.4. The zero-order valence-electron chi connectivity index (χ0n) is 8.57. The van der Waals surface area contributed by atoms with Crippen LogP contribution in [0.1, 0.15) is 17.3 Å². The first kappa shape index (κ1) is 12.1. The highest BCUT2D eigenvalue weighted by atomic mass is 79.9. The van der Waals surface area contributed by atoms with Crippen molar-refractivity contribution in [2.24, 2.45) is 5.73 Å². The van der Waals surface area contributed by atoms with Crippen molar-refractivity contribution in [3.63, 3.8) is 0 Å². The minimum Gasteiger partial charge on any atom is -0.319 e. The van der Waals surface area contributed by atoms with Gasteiger partial charge in [0.25, 0.3) is 0 Å². The maximum Gasteiger partial charge on any atom is 0.173 e. The highest BCUT2D eigenvalue weighted by Crippen LogP contribution is 2.29. The summed E-state index contributed by atoms with van der Waals surface area (Å²) in [7, 11) is 0. The molecule has 1 atom stereocenters. The first-order valence-electron chi connectivity index (χ1n) is 4.76. The Morgan fingerprint density at radius 2 is 2.00 bits per heavy atom. The molecule has 2 rings (SSSR count). The third-order valence-corrected chi connectivity index (χ3v) is 3.11. The van der Waals surface area contributed by atoms with Crippen LogP contribution in [0.15, 0.2) is 35.2 Å². The minimum absolute atomic E-state index is 0.00986. The van der Waals surface area contributed by atoms with E-state index in [1.165, 1.54) is 24.7 Å². The molecule has 0 aliphatic heterocycles. The smallest absolute Gasteiger partial charge is 0.173 e. The lowest BCUT2D eigenvalue weighted by molar-refractivity contribution is 0.501. The molecular weight excluding hydrogens is 292 g/mol. The Morgan fingerprint density at radius 3 is 2.65 bits per heavy atom. The quantitative estimate of drug-likeness (QED) is 0.867. The largest absolute Gasteiger partial charge is 0.319 e. The van der Waals surface area contributed by atoms with Crippen molar-refractivity contribution in [3.8, 4) is 0 Å². The second-order valence-electron chi connectivity index (χ2n) is 3.37. The average molecular weight is 300 g/mol. The van der Waals surface area contributed by atoms with Crippen molar-refractivity contribution < 1.29 is 8.78 Å². The Morgan fingerprint density at radius 1 is 1.24 bits per heavy atom. The Bertz CT molecular complexity index is 534. The topological polar surface area (TPSA) is 51.8 Å². The Balaban J connectivity index is 2.45. The fourth-order valence-electron chi connectivity index (χ4n) is 1.41. The van der Waals surface area contributed by atoms with Crippen LogP contribution in [0.2, 0.25) is 0 Å². The van der Waals surface area contributed by atoms with Crippen LogP contribution in [0.3, 0.4) is 0 Å². The van der Waals surface area contributed by atoms with Crippen molar-refractivity contribution in [3.05, 3.63) is 58.1 Å². The predicted octanol–water partition coefficient (Wildman–Crippen LogP) is 2.57. The van der Waals surface area contributed by atoms with E-state index in [-0.39, 0.29) is 4.47 Å².